The highest BCUT2D eigenvalue weighted by Crippen LogP contribution is 2.23. The van der Waals surface area contributed by atoms with Crippen molar-refractivity contribution in [3.8, 4) is 0 Å². The largest absolute Gasteiger partial charge is 0.364 e. The van der Waals surface area contributed by atoms with Gasteiger partial charge in [0, 0.05) is 19.4 Å². The van der Waals surface area contributed by atoms with Crippen LogP contribution in [0.2, 0.25) is 5.02 Å². The molecule has 1 aromatic heterocycles. The zero-order chi connectivity index (χ0) is 16.3. The lowest BCUT2D eigenvalue weighted by Crippen LogP contribution is -2.15. The van der Waals surface area contributed by atoms with Crippen molar-refractivity contribution >= 4 is 21.6 Å². The van der Waals surface area contributed by atoms with E-state index in [0.717, 1.165) is 0 Å². The van der Waals surface area contributed by atoms with E-state index in [1.165, 1.54) is 30.3 Å². The fourth-order valence-electron chi connectivity index (χ4n) is 1.53. The summed E-state index contributed by atoms with van der Waals surface area (Å²) in [4.78, 5) is 2.96. The minimum Gasteiger partial charge on any atom is -0.364 e. The lowest BCUT2D eigenvalue weighted by molar-refractivity contribution is 0.129. The van der Waals surface area contributed by atoms with Crippen LogP contribution in [-0.4, -0.2) is 25.1 Å². The summed E-state index contributed by atoms with van der Waals surface area (Å²) in [6.45, 7) is 0.224. The highest BCUT2D eigenvalue weighted by molar-refractivity contribution is 7.90. The van der Waals surface area contributed by atoms with Crippen LogP contribution in [0.5, 0.6) is 0 Å². The molecule has 0 fully saturated rings. The molecule has 0 amide bonds. The van der Waals surface area contributed by atoms with E-state index in [1.54, 1.807) is 0 Å². The van der Waals surface area contributed by atoms with Gasteiger partial charge in [-0.15, -0.1) is 4.40 Å². The van der Waals surface area contributed by atoms with Gasteiger partial charge in [0.1, 0.15) is 23.3 Å². The standard InChI is InChI=1S/C12H10ClF2N3O3S/c1-21-7-18-3-2-12(16-6-18)17-22(19,20)11-4-8(13)9(14)5-10(11)15/h2-6H,7H2,1H3. The molecule has 0 saturated heterocycles. The molecule has 118 valence electrons. The van der Waals surface area contributed by atoms with Gasteiger partial charge in [-0.1, -0.05) is 11.6 Å². The van der Waals surface area contributed by atoms with Gasteiger partial charge in [-0.3, -0.25) is 0 Å². The fourth-order valence-corrected chi connectivity index (χ4v) is 2.78. The number of ether oxygens (including phenoxy) is 1. The Labute approximate surface area is 129 Å². The van der Waals surface area contributed by atoms with Gasteiger partial charge in [0.05, 0.1) is 11.3 Å². The second-order valence-electron chi connectivity index (χ2n) is 4.11. The molecule has 0 aliphatic carbocycles. The third-order valence-corrected chi connectivity index (χ3v) is 4.08. The van der Waals surface area contributed by atoms with Crippen LogP contribution < -0.4 is 5.49 Å². The van der Waals surface area contributed by atoms with Gasteiger partial charge in [-0.05, 0) is 12.1 Å². The quantitative estimate of drug-likeness (QED) is 0.788. The van der Waals surface area contributed by atoms with Crippen LogP contribution in [0.3, 0.4) is 0 Å². The van der Waals surface area contributed by atoms with Crippen LogP contribution in [0.25, 0.3) is 0 Å². The number of halogens is 3. The molecule has 0 unspecified atom stereocenters. The van der Waals surface area contributed by atoms with Gasteiger partial charge in [0.25, 0.3) is 10.0 Å². The zero-order valence-corrected chi connectivity index (χ0v) is 12.8. The number of hydrogen-bond acceptors (Lipinski definition) is 4. The van der Waals surface area contributed by atoms with Crippen LogP contribution in [-0.2, 0) is 21.5 Å². The second-order valence-corrected chi connectivity index (χ2v) is 6.09. The summed E-state index contributed by atoms with van der Waals surface area (Å²) in [7, 11) is -2.93. The van der Waals surface area contributed by atoms with Gasteiger partial charge in [0.2, 0.25) is 0 Å². The summed E-state index contributed by atoms with van der Waals surface area (Å²) in [6, 6.07) is 2.36. The molecular formula is C12H10ClF2N3O3S. The maximum atomic E-state index is 13.6. The molecule has 0 N–H and O–H groups in total. The van der Waals surface area contributed by atoms with Gasteiger partial charge < -0.3 is 9.30 Å². The third-order valence-electron chi connectivity index (χ3n) is 2.50. The molecule has 1 aromatic carbocycles. The van der Waals surface area contributed by atoms with Crippen molar-refractivity contribution in [2.45, 2.75) is 11.6 Å². The van der Waals surface area contributed by atoms with Crippen molar-refractivity contribution in [3.63, 3.8) is 0 Å². The Bertz CT molecular complexity index is 848. The predicted molar refractivity (Wildman–Crippen MR) is 73.4 cm³/mol. The Balaban J connectivity index is 2.47. The number of aromatic nitrogens is 2. The van der Waals surface area contributed by atoms with E-state index in [2.05, 4.69) is 9.38 Å². The molecule has 0 spiro atoms. The van der Waals surface area contributed by atoms with E-state index in [-0.39, 0.29) is 12.2 Å². The molecule has 22 heavy (non-hydrogen) atoms. The van der Waals surface area contributed by atoms with Crippen molar-refractivity contribution in [1.29, 1.82) is 0 Å². The molecule has 2 rings (SSSR count). The molecule has 0 radical (unpaired) electrons. The summed E-state index contributed by atoms with van der Waals surface area (Å²) >= 11 is 5.47. The van der Waals surface area contributed by atoms with E-state index in [1.807, 2.05) is 0 Å². The second kappa shape index (κ2) is 6.51. The Hall–Kier alpha value is -1.84. The van der Waals surface area contributed by atoms with Gasteiger partial charge in [-0.25, -0.2) is 13.8 Å². The van der Waals surface area contributed by atoms with E-state index in [0.29, 0.717) is 12.1 Å². The smallest absolute Gasteiger partial charge is 0.287 e. The zero-order valence-electron chi connectivity index (χ0n) is 11.2. The van der Waals surface area contributed by atoms with Crippen molar-refractivity contribution in [1.82, 2.24) is 9.55 Å². The highest BCUT2D eigenvalue weighted by atomic mass is 35.5. The average Bonchev–Trinajstić information content (AvgIpc) is 2.45. The summed E-state index contributed by atoms with van der Waals surface area (Å²) in [5.41, 5.74) is -0.160. The average molecular weight is 350 g/mol. The first-order valence-electron chi connectivity index (χ1n) is 5.80. The molecule has 0 aliphatic rings. The maximum Gasteiger partial charge on any atom is 0.287 e. The lowest BCUT2D eigenvalue weighted by Gasteiger charge is -2.03. The van der Waals surface area contributed by atoms with Gasteiger partial charge in [0.15, 0.2) is 5.49 Å². The van der Waals surface area contributed by atoms with E-state index < -0.39 is 31.6 Å². The Morgan fingerprint density at radius 1 is 1.36 bits per heavy atom. The number of methoxy groups -OCH3 is 1. The fraction of sp³-hybridized carbons (Fsp3) is 0.167. The summed E-state index contributed by atoms with van der Waals surface area (Å²) in [6.07, 6.45) is 2.78. The van der Waals surface area contributed by atoms with Gasteiger partial charge >= 0.3 is 0 Å². The lowest BCUT2D eigenvalue weighted by atomic mass is 10.3. The molecule has 10 heteroatoms. The summed E-state index contributed by atoms with van der Waals surface area (Å²) in [5.74, 6) is -2.34. The third kappa shape index (κ3) is 3.67. The molecule has 6 nitrogen and oxygen atoms in total. The van der Waals surface area contributed by atoms with Crippen molar-refractivity contribution in [3.05, 3.63) is 52.9 Å². The predicted octanol–water partition coefficient (Wildman–Crippen LogP) is 1.71. The van der Waals surface area contributed by atoms with Crippen LogP contribution in [0.4, 0.5) is 8.78 Å². The topological polar surface area (TPSA) is 73.6 Å². The van der Waals surface area contributed by atoms with Crippen molar-refractivity contribution < 1.29 is 21.9 Å². The highest BCUT2D eigenvalue weighted by Gasteiger charge is 2.20. The van der Waals surface area contributed by atoms with Crippen LogP contribution >= 0.6 is 11.6 Å². The molecular weight excluding hydrogens is 340 g/mol. The Kier molecular flexibility index (Phi) is 4.89. The number of nitrogens with zero attached hydrogens (tertiary/aromatic N) is 3. The van der Waals surface area contributed by atoms with E-state index >= 15 is 0 Å². The minimum absolute atomic E-state index is 0.160. The normalized spacial score (nSPS) is 12.6. The first-order valence-corrected chi connectivity index (χ1v) is 7.62. The first-order chi connectivity index (χ1) is 10.3. The summed E-state index contributed by atoms with van der Waals surface area (Å²) in [5, 5.41) is -0.519. The molecule has 0 atom stereocenters. The van der Waals surface area contributed by atoms with Crippen molar-refractivity contribution in [2.24, 2.45) is 4.40 Å². The van der Waals surface area contributed by atoms with Crippen LogP contribution in [0.15, 0.2) is 40.0 Å². The number of sulfonamides is 1. The molecule has 1 heterocycles. The van der Waals surface area contributed by atoms with Crippen LogP contribution in [0, 0.1) is 11.6 Å². The minimum atomic E-state index is -4.41. The Morgan fingerprint density at radius 3 is 2.68 bits per heavy atom. The number of rotatable bonds is 4. The Morgan fingerprint density at radius 2 is 2.09 bits per heavy atom. The SMILES string of the molecule is COCn1ccc(=NS(=O)(=O)c2cc(Cl)c(F)cc2F)nc1. The maximum absolute atomic E-state index is 13.6. The van der Waals surface area contributed by atoms with E-state index in [4.69, 9.17) is 16.3 Å². The number of benzene rings is 1. The molecule has 0 saturated carbocycles. The van der Waals surface area contributed by atoms with Crippen LogP contribution in [0.1, 0.15) is 0 Å². The van der Waals surface area contributed by atoms with Gasteiger partial charge in [-0.2, -0.15) is 8.42 Å². The summed E-state index contributed by atoms with van der Waals surface area (Å²) < 4.78 is 60.5. The van der Waals surface area contributed by atoms with E-state index in [9.17, 15) is 17.2 Å². The molecule has 0 bridgehead atoms. The monoisotopic (exact) mass is 349 g/mol. The molecule has 2 aromatic rings. The van der Waals surface area contributed by atoms with Crippen molar-refractivity contribution in [2.75, 3.05) is 7.11 Å². The molecule has 0 aliphatic heterocycles. The number of hydrogen-bond donors (Lipinski definition) is 0. The first kappa shape index (κ1) is 16.5.